The maximum Gasteiger partial charge on any atom is 0.272 e. The number of carbonyl (C=O) groups excluding carboxylic acids is 1. The quantitative estimate of drug-likeness (QED) is 0.802. The van der Waals surface area contributed by atoms with Crippen LogP contribution < -0.4 is 9.64 Å². The van der Waals surface area contributed by atoms with E-state index in [-0.39, 0.29) is 18.1 Å². The highest BCUT2D eigenvalue weighted by molar-refractivity contribution is 5.94. The summed E-state index contributed by atoms with van der Waals surface area (Å²) >= 11 is 0. The molecule has 8 heteroatoms. The van der Waals surface area contributed by atoms with Crippen LogP contribution in [0, 0.1) is 0 Å². The summed E-state index contributed by atoms with van der Waals surface area (Å²) in [7, 11) is 3.48. The van der Waals surface area contributed by atoms with Gasteiger partial charge in [0.15, 0.2) is 0 Å². The molecule has 1 saturated heterocycles. The number of ether oxygens (including phenoxy) is 2. The van der Waals surface area contributed by atoms with Gasteiger partial charge in [-0.2, -0.15) is 5.10 Å². The first-order chi connectivity index (χ1) is 13.5. The van der Waals surface area contributed by atoms with Crippen LogP contribution in [0.5, 0.6) is 5.75 Å². The topological polar surface area (TPSA) is 72.7 Å². The molecule has 4 rings (SSSR count). The van der Waals surface area contributed by atoms with Crippen LogP contribution in [0.15, 0.2) is 18.3 Å². The Balaban J connectivity index is 1.47. The van der Waals surface area contributed by atoms with Gasteiger partial charge in [-0.15, -0.1) is 0 Å². The molecular weight excluding hydrogens is 358 g/mol. The maximum absolute atomic E-state index is 13.3. The molecule has 4 heterocycles. The first kappa shape index (κ1) is 18.7. The summed E-state index contributed by atoms with van der Waals surface area (Å²) in [5.41, 5.74) is 2.64. The molecule has 1 amide bonds. The van der Waals surface area contributed by atoms with Crippen LogP contribution >= 0.6 is 0 Å². The minimum Gasteiger partial charge on any atom is -0.495 e. The fourth-order valence-electron chi connectivity index (χ4n) is 4.10. The van der Waals surface area contributed by atoms with Crippen molar-refractivity contribution in [2.24, 2.45) is 7.05 Å². The fraction of sp³-hybridized carbons (Fsp3) is 0.550. The third-order valence-corrected chi connectivity index (χ3v) is 5.54. The third kappa shape index (κ3) is 3.32. The third-order valence-electron chi connectivity index (χ3n) is 5.54. The second kappa shape index (κ2) is 7.43. The molecule has 0 bridgehead atoms. The van der Waals surface area contributed by atoms with Crippen molar-refractivity contribution < 1.29 is 14.3 Å². The number of anilines is 1. The molecule has 0 radical (unpaired) electrons. The summed E-state index contributed by atoms with van der Waals surface area (Å²) in [5.74, 6) is 1.71. The number of aromatic nitrogens is 3. The van der Waals surface area contributed by atoms with Gasteiger partial charge >= 0.3 is 0 Å². The molecular formula is C20H27N5O3. The Morgan fingerprint density at radius 2 is 1.96 bits per heavy atom. The number of hydrogen-bond acceptors (Lipinski definition) is 6. The van der Waals surface area contributed by atoms with Crippen molar-refractivity contribution >= 4 is 11.7 Å². The van der Waals surface area contributed by atoms with Crippen LogP contribution in [0.25, 0.3) is 0 Å². The van der Waals surface area contributed by atoms with E-state index in [1.54, 1.807) is 18.0 Å². The van der Waals surface area contributed by atoms with Crippen molar-refractivity contribution in [1.29, 1.82) is 0 Å². The van der Waals surface area contributed by atoms with Crippen molar-refractivity contribution in [3.05, 3.63) is 35.3 Å². The zero-order valence-corrected chi connectivity index (χ0v) is 16.9. The van der Waals surface area contributed by atoms with Gasteiger partial charge in [0.2, 0.25) is 0 Å². The van der Waals surface area contributed by atoms with E-state index in [0.29, 0.717) is 18.8 Å². The SMILES string of the molecule is COc1ccc(N2CCN(C(=O)c3c4c(nn3C)[C@H](C)O[C@H](C)C4)CC2)nc1. The molecule has 2 aliphatic rings. The highest BCUT2D eigenvalue weighted by Gasteiger charge is 2.33. The van der Waals surface area contributed by atoms with Crippen molar-refractivity contribution in [2.75, 3.05) is 38.2 Å². The maximum atomic E-state index is 13.3. The Hall–Kier alpha value is -2.61. The molecule has 2 atom stereocenters. The lowest BCUT2D eigenvalue weighted by atomic mass is 9.99. The highest BCUT2D eigenvalue weighted by Crippen LogP contribution is 2.31. The van der Waals surface area contributed by atoms with Gasteiger partial charge in [0, 0.05) is 45.2 Å². The summed E-state index contributed by atoms with van der Waals surface area (Å²) in [6.45, 7) is 6.86. The normalized spacial score (nSPS) is 22.1. The van der Waals surface area contributed by atoms with Crippen LogP contribution in [0.1, 0.15) is 41.7 Å². The zero-order chi connectivity index (χ0) is 19.8. The number of rotatable bonds is 3. The standard InChI is InChI=1S/C20H27N5O3/c1-13-11-16-18(14(2)28-13)22-23(3)19(16)20(26)25-9-7-24(8-10-25)17-6-5-15(27-4)12-21-17/h5-6,12-14H,7-11H2,1-4H3/t13-,14+/m1/s1. The second-order valence-corrected chi connectivity index (χ2v) is 7.46. The van der Waals surface area contributed by atoms with Crippen LogP contribution in [0.2, 0.25) is 0 Å². The Bertz CT molecular complexity index is 855. The van der Waals surface area contributed by atoms with E-state index < -0.39 is 0 Å². The van der Waals surface area contributed by atoms with Gasteiger partial charge in [-0.3, -0.25) is 9.48 Å². The van der Waals surface area contributed by atoms with Crippen LogP contribution in [0.3, 0.4) is 0 Å². The largest absolute Gasteiger partial charge is 0.495 e. The van der Waals surface area contributed by atoms with Crippen molar-refractivity contribution in [3.63, 3.8) is 0 Å². The van der Waals surface area contributed by atoms with E-state index in [2.05, 4.69) is 15.0 Å². The molecule has 1 fully saturated rings. The van der Waals surface area contributed by atoms with Gasteiger partial charge in [0.05, 0.1) is 31.2 Å². The van der Waals surface area contributed by atoms with E-state index in [1.165, 1.54) is 0 Å². The number of hydrogen-bond donors (Lipinski definition) is 0. The van der Waals surface area contributed by atoms with Crippen LogP contribution in [-0.2, 0) is 18.2 Å². The Labute approximate surface area is 165 Å². The molecule has 2 aromatic rings. The van der Waals surface area contributed by atoms with Crippen LogP contribution in [0.4, 0.5) is 5.82 Å². The van der Waals surface area contributed by atoms with Gasteiger partial charge in [-0.1, -0.05) is 0 Å². The van der Waals surface area contributed by atoms with E-state index >= 15 is 0 Å². The predicted octanol–water partition coefficient (Wildman–Crippen LogP) is 1.81. The number of amides is 1. The van der Waals surface area contributed by atoms with Gasteiger partial charge < -0.3 is 19.3 Å². The number of nitrogens with zero attached hydrogens (tertiary/aromatic N) is 5. The molecule has 0 N–H and O–H groups in total. The number of piperazine rings is 1. The summed E-state index contributed by atoms with van der Waals surface area (Å²) in [5, 5.41) is 4.57. The number of carbonyl (C=O) groups is 1. The lowest BCUT2D eigenvalue weighted by Crippen LogP contribution is -2.49. The molecule has 0 aromatic carbocycles. The lowest BCUT2D eigenvalue weighted by Gasteiger charge is -2.35. The van der Waals surface area contributed by atoms with Gasteiger partial charge in [0.1, 0.15) is 17.3 Å². The first-order valence-electron chi connectivity index (χ1n) is 9.73. The van der Waals surface area contributed by atoms with Crippen molar-refractivity contribution in [1.82, 2.24) is 19.7 Å². The van der Waals surface area contributed by atoms with E-state index in [0.717, 1.165) is 42.3 Å². The fourth-order valence-corrected chi connectivity index (χ4v) is 4.10. The van der Waals surface area contributed by atoms with E-state index in [1.807, 2.05) is 37.9 Å². The number of pyridine rings is 1. The van der Waals surface area contributed by atoms with Gasteiger partial charge in [0.25, 0.3) is 5.91 Å². The molecule has 0 spiro atoms. The van der Waals surface area contributed by atoms with Crippen LogP contribution in [-0.4, -0.2) is 65.0 Å². The molecule has 8 nitrogen and oxygen atoms in total. The molecule has 2 aliphatic heterocycles. The van der Waals surface area contributed by atoms with E-state index in [9.17, 15) is 4.79 Å². The van der Waals surface area contributed by atoms with Crippen molar-refractivity contribution in [3.8, 4) is 5.75 Å². The average molecular weight is 385 g/mol. The minimum absolute atomic E-state index is 0.0555. The predicted molar refractivity (Wildman–Crippen MR) is 105 cm³/mol. The summed E-state index contributed by atoms with van der Waals surface area (Å²) < 4.78 is 12.8. The molecule has 0 saturated carbocycles. The zero-order valence-electron chi connectivity index (χ0n) is 16.9. The monoisotopic (exact) mass is 385 g/mol. The molecule has 0 aliphatic carbocycles. The van der Waals surface area contributed by atoms with Crippen molar-refractivity contribution in [2.45, 2.75) is 32.5 Å². The second-order valence-electron chi connectivity index (χ2n) is 7.46. The molecule has 2 aromatic heterocycles. The number of fused-ring (bicyclic) bond motifs is 1. The lowest BCUT2D eigenvalue weighted by molar-refractivity contribution is -0.00714. The minimum atomic E-state index is -0.0792. The Kier molecular flexibility index (Phi) is 4.97. The summed E-state index contributed by atoms with van der Waals surface area (Å²) in [6.07, 6.45) is 2.46. The summed E-state index contributed by atoms with van der Waals surface area (Å²) in [4.78, 5) is 21.8. The Morgan fingerprint density at radius 1 is 1.21 bits per heavy atom. The smallest absolute Gasteiger partial charge is 0.272 e. The van der Waals surface area contributed by atoms with E-state index in [4.69, 9.17) is 9.47 Å². The molecule has 28 heavy (non-hydrogen) atoms. The van der Waals surface area contributed by atoms with Gasteiger partial charge in [-0.25, -0.2) is 4.98 Å². The Morgan fingerprint density at radius 3 is 2.61 bits per heavy atom. The van der Waals surface area contributed by atoms with Gasteiger partial charge in [-0.05, 0) is 26.0 Å². The number of aryl methyl sites for hydroxylation is 1. The highest BCUT2D eigenvalue weighted by atomic mass is 16.5. The first-order valence-corrected chi connectivity index (χ1v) is 9.73. The summed E-state index contributed by atoms with van der Waals surface area (Å²) in [6, 6.07) is 3.86. The average Bonchev–Trinajstić information content (AvgIpc) is 3.04. The number of methoxy groups -OCH3 is 1. The molecule has 0 unspecified atom stereocenters. The molecule has 150 valence electrons.